The number of carbonyl (C=O) groups is 1. The number of aromatic nitrogens is 1. The van der Waals surface area contributed by atoms with E-state index in [1.165, 1.54) is 0 Å². The number of benzene rings is 3. The predicted molar refractivity (Wildman–Crippen MR) is 121 cm³/mol. The van der Waals surface area contributed by atoms with Crippen LogP contribution in [0.5, 0.6) is 0 Å². The standard InChI is InChI=1S/C25H17ClN2O3/c1-15-18(5-4-6-19(15)26)21-13-14-23(30-21)24(29)27-17-11-9-16(10-12-17)25-28-20-7-2-3-8-22(20)31-25/h2-14H,1H3,(H,27,29). The van der Waals surface area contributed by atoms with E-state index in [1.54, 1.807) is 24.3 Å². The zero-order valence-corrected chi connectivity index (χ0v) is 17.3. The highest BCUT2D eigenvalue weighted by molar-refractivity contribution is 6.31. The minimum absolute atomic E-state index is 0.220. The highest BCUT2D eigenvalue weighted by atomic mass is 35.5. The third kappa shape index (κ3) is 3.71. The molecule has 0 aliphatic rings. The van der Waals surface area contributed by atoms with Crippen LogP contribution in [-0.2, 0) is 0 Å². The van der Waals surface area contributed by atoms with E-state index in [1.807, 2.05) is 61.5 Å². The molecule has 31 heavy (non-hydrogen) atoms. The Balaban J connectivity index is 1.33. The van der Waals surface area contributed by atoms with Crippen LogP contribution in [0.4, 0.5) is 5.69 Å². The number of nitrogens with one attached hydrogen (secondary N) is 1. The van der Waals surface area contributed by atoms with Gasteiger partial charge in [-0.05, 0) is 67.1 Å². The summed E-state index contributed by atoms with van der Waals surface area (Å²) in [6, 6.07) is 23.9. The summed E-state index contributed by atoms with van der Waals surface area (Å²) < 4.78 is 11.6. The maximum absolute atomic E-state index is 12.6. The van der Waals surface area contributed by atoms with Crippen molar-refractivity contribution in [3.05, 3.63) is 95.2 Å². The number of furan rings is 1. The van der Waals surface area contributed by atoms with Gasteiger partial charge in [-0.25, -0.2) is 4.98 Å². The van der Waals surface area contributed by atoms with Gasteiger partial charge in [0.1, 0.15) is 11.3 Å². The molecule has 5 rings (SSSR count). The zero-order chi connectivity index (χ0) is 21.4. The lowest BCUT2D eigenvalue weighted by atomic mass is 10.1. The number of para-hydroxylation sites is 2. The van der Waals surface area contributed by atoms with E-state index in [9.17, 15) is 4.79 Å². The molecule has 0 aliphatic heterocycles. The van der Waals surface area contributed by atoms with E-state index in [4.69, 9.17) is 20.4 Å². The molecule has 6 heteroatoms. The van der Waals surface area contributed by atoms with Gasteiger partial charge in [0.25, 0.3) is 5.91 Å². The molecule has 2 aromatic heterocycles. The van der Waals surface area contributed by atoms with Crippen molar-refractivity contribution >= 4 is 34.3 Å². The molecular weight excluding hydrogens is 412 g/mol. The Bertz CT molecular complexity index is 1370. The van der Waals surface area contributed by atoms with E-state index >= 15 is 0 Å². The number of anilines is 1. The van der Waals surface area contributed by atoms with Crippen LogP contribution in [-0.4, -0.2) is 10.9 Å². The fourth-order valence-corrected chi connectivity index (χ4v) is 3.54. The number of nitrogens with zero attached hydrogens (tertiary/aromatic N) is 1. The Kier molecular flexibility index (Phi) is 4.81. The average molecular weight is 429 g/mol. The summed E-state index contributed by atoms with van der Waals surface area (Å²) in [5.41, 5.74) is 4.76. The molecule has 0 aliphatic carbocycles. The Hall–Kier alpha value is -3.83. The fourth-order valence-electron chi connectivity index (χ4n) is 3.36. The highest BCUT2D eigenvalue weighted by Gasteiger charge is 2.15. The number of hydrogen-bond acceptors (Lipinski definition) is 4. The van der Waals surface area contributed by atoms with Gasteiger partial charge in [-0.15, -0.1) is 0 Å². The summed E-state index contributed by atoms with van der Waals surface area (Å²) in [6.07, 6.45) is 0. The number of amides is 1. The minimum Gasteiger partial charge on any atom is -0.451 e. The number of oxazole rings is 1. The Labute approximate surface area is 183 Å². The maximum Gasteiger partial charge on any atom is 0.291 e. The first-order chi connectivity index (χ1) is 15.1. The third-order valence-electron chi connectivity index (χ3n) is 5.05. The second kappa shape index (κ2) is 7.78. The zero-order valence-electron chi connectivity index (χ0n) is 16.6. The van der Waals surface area contributed by atoms with Crippen molar-refractivity contribution in [2.45, 2.75) is 6.92 Å². The molecule has 0 bridgehead atoms. The SMILES string of the molecule is Cc1c(Cl)cccc1-c1ccc(C(=O)Nc2ccc(-c3nc4ccccc4o3)cc2)o1. The monoisotopic (exact) mass is 428 g/mol. The van der Waals surface area contributed by atoms with Gasteiger partial charge in [0, 0.05) is 21.8 Å². The smallest absolute Gasteiger partial charge is 0.291 e. The van der Waals surface area contributed by atoms with Crippen molar-refractivity contribution in [1.82, 2.24) is 4.98 Å². The lowest BCUT2D eigenvalue weighted by Gasteiger charge is -2.05. The summed E-state index contributed by atoms with van der Waals surface area (Å²) in [7, 11) is 0. The van der Waals surface area contributed by atoms with Crippen LogP contribution in [0.15, 0.2) is 87.7 Å². The van der Waals surface area contributed by atoms with E-state index in [0.717, 1.165) is 27.8 Å². The van der Waals surface area contributed by atoms with Gasteiger partial charge in [0.2, 0.25) is 5.89 Å². The Morgan fingerprint density at radius 3 is 2.52 bits per heavy atom. The number of rotatable bonds is 4. The van der Waals surface area contributed by atoms with Crippen LogP contribution < -0.4 is 5.32 Å². The summed E-state index contributed by atoms with van der Waals surface area (Å²) in [5, 5.41) is 3.50. The summed E-state index contributed by atoms with van der Waals surface area (Å²) >= 11 is 6.19. The maximum atomic E-state index is 12.6. The van der Waals surface area contributed by atoms with Gasteiger partial charge in [-0.3, -0.25) is 4.79 Å². The molecule has 0 spiro atoms. The van der Waals surface area contributed by atoms with Crippen molar-refractivity contribution in [3.8, 4) is 22.8 Å². The van der Waals surface area contributed by atoms with E-state index in [2.05, 4.69) is 10.3 Å². The largest absolute Gasteiger partial charge is 0.451 e. The van der Waals surface area contributed by atoms with Crippen LogP contribution in [0.2, 0.25) is 5.02 Å². The van der Waals surface area contributed by atoms with Gasteiger partial charge in [-0.1, -0.05) is 35.9 Å². The first-order valence-electron chi connectivity index (χ1n) is 9.71. The van der Waals surface area contributed by atoms with E-state index in [0.29, 0.717) is 22.4 Å². The van der Waals surface area contributed by atoms with Gasteiger partial charge in [0.15, 0.2) is 11.3 Å². The quantitative estimate of drug-likeness (QED) is 0.335. The third-order valence-corrected chi connectivity index (χ3v) is 5.46. The molecule has 1 amide bonds. The summed E-state index contributed by atoms with van der Waals surface area (Å²) in [6.45, 7) is 1.92. The molecular formula is C25H17ClN2O3. The topological polar surface area (TPSA) is 68.3 Å². The number of fused-ring (bicyclic) bond motifs is 1. The van der Waals surface area contributed by atoms with Gasteiger partial charge in [-0.2, -0.15) is 0 Å². The normalized spacial score (nSPS) is 11.0. The number of carbonyl (C=O) groups excluding carboxylic acids is 1. The first-order valence-corrected chi connectivity index (χ1v) is 10.1. The molecule has 152 valence electrons. The van der Waals surface area contributed by atoms with Crippen molar-refractivity contribution in [2.75, 3.05) is 5.32 Å². The minimum atomic E-state index is -0.333. The van der Waals surface area contributed by atoms with Gasteiger partial charge < -0.3 is 14.2 Å². The van der Waals surface area contributed by atoms with Crippen LogP contribution in [0.3, 0.4) is 0 Å². The molecule has 1 N–H and O–H groups in total. The molecule has 0 fully saturated rings. The van der Waals surface area contributed by atoms with Crippen molar-refractivity contribution in [3.63, 3.8) is 0 Å². The molecule has 0 saturated heterocycles. The molecule has 0 atom stereocenters. The van der Waals surface area contributed by atoms with Crippen molar-refractivity contribution < 1.29 is 13.6 Å². The number of halogens is 1. The van der Waals surface area contributed by atoms with Crippen LogP contribution in [0, 0.1) is 6.92 Å². The highest BCUT2D eigenvalue weighted by Crippen LogP contribution is 2.30. The van der Waals surface area contributed by atoms with E-state index in [-0.39, 0.29) is 11.7 Å². The summed E-state index contributed by atoms with van der Waals surface area (Å²) in [4.78, 5) is 17.1. The molecule has 0 radical (unpaired) electrons. The lowest BCUT2D eigenvalue weighted by molar-refractivity contribution is 0.0997. The molecule has 5 aromatic rings. The number of hydrogen-bond donors (Lipinski definition) is 1. The first kappa shape index (κ1) is 19.2. The van der Waals surface area contributed by atoms with Crippen LogP contribution in [0.25, 0.3) is 33.9 Å². The van der Waals surface area contributed by atoms with Gasteiger partial charge in [0.05, 0.1) is 0 Å². The predicted octanol–water partition coefficient (Wildman–Crippen LogP) is 6.97. The lowest BCUT2D eigenvalue weighted by Crippen LogP contribution is -2.10. The molecule has 0 unspecified atom stereocenters. The molecule has 5 nitrogen and oxygen atoms in total. The van der Waals surface area contributed by atoms with Crippen molar-refractivity contribution in [2.24, 2.45) is 0 Å². The van der Waals surface area contributed by atoms with E-state index < -0.39 is 0 Å². The van der Waals surface area contributed by atoms with Crippen LogP contribution in [0.1, 0.15) is 16.1 Å². The second-order valence-electron chi connectivity index (χ2n) is 7.09. The van der Waals surface area contributed by atoms with Crippen LogP contribution >= 0.6 is 11.6 Å². The Morgan fingerprint density at radius 2 is 1.71 bits per heavy atom. The molecule has 0 saturated carbocycles. The fraction of sp³-hybridized carbons (Fsp3) is 0.0400. The Morgan fingerprint density at radius 1 is 0.903 bits per heavy atom. The average Bonchev–Trinajstić information content (AvgIpc) is 3.43. The molecule has 3 aromatic carbocycles. The summed E-state index contributed by atoms with van der Waals surface area (Å²) in [5.74, 6) is 1.01. The van der Waals surface area contributed by atoms with Gasteiger partial charge >= 0.3 is 0 Å². The molecule has 2 heterocycles. The van der Waals surface area contributed by atoms with Crippen molar-refractivity contribution in [1.29, 1.82) is 0 Å². The second-order valence-corrected chi connectivity index (χ2v) is 7.50.